The highest BCUT2D eigenvalue weighted by Gasteiger charge is 2.14. The third kappa shape index (κ3) is 4.44. The zero-order valence-corrected chi connectivity index (χ0v) is 11.3. The molecule has 17 heavy (non-hydrogen) atoms. The van der Waals surface area contributed by atoms with E-state index in [-0.39, 0.29) is 23.1 Å². The van der Waals surface area contributed by atoms with E-state index in [1.807, 2.05) is 0 Å². The first-order valence-electron chi connectivity index (χ1n) is 5.03. The number of hydrogen-bond donors (Lipinski definition) is 2. The lowest BCUT2D eigenvalue weighted by Gasteiger charge is -2.07. The molecule has 0 spiro atoms. The number of aliphatic hydroxyl groups is 1. The van der Waals surface area contributed by atoms with Crippen molar-refractivity contribution in [2.45, 2.75) is 17.7 Å². The second-order valence-corrected chi connectivity index (χ2v) is 5.99. The van der Waals surface area contributed by atoms with Crippen LogP contribution in [0.4, 0.5) is 0 Å². The van der Waals surface area contributed by atoms with Gasteiger partial charge in [-0.2, -0.15) is 0 Å². The molecule has 1 aromatic rings. The Kier molecular flexibility index (Phi) is 5.69. The van der Waals surface area contributed by atoms with Gasteiger partial charge in [-0.1, -0.05) is 23.2 Å². The number of hydrogen-bond acceptors (Lipinski definition) is 3. The first kappa shape index (κ1) is 14.7. The van der Waals surface area contributed by atoms with Gasteiger partial charge in [-0.3, -0.25) is 0 Å². The summed E-state index contributed by atoms with van der Waals surface area (Å²) in [6, 6.07) is 4.13. The van der Waals surface area contributed by atoms with E-state index in [1.54, 1.807) is 0 Å². The Balaban J connectivity index is 2.72. The quantitative estimate of drug-likeness (QED) is 0.790. The largest absolute Gasteiger partial charge is 0.396 e. The summed E-state index contributed by atoms with van der Waals surface area (Å²) in [7, 11) is -3.55. The molecule has 4 nitrogen and oxygen atoms in total. The molecule has 7 heteroatoms. The second-order valence-electron chi connectivity index (χ2n) is 3.40. The van der Waals surface area contributed by atoms with Crippen molar-refractivity contribution in [1.29, 1.82) is 0 Å². The number of unbranched alkanes of at least 4 members (excludes halogenated alkanes) is 1. The SMILES string of the molecule is O=S(=O)(NCCCCO)c1ccc(Cl)c(Cl)c1. The number of benzene rings is 1. The molecule has 96 valence electrons. The van der Waals surface area contributed by atoms with Crippen molar-refractivity contribution in [2.24, 2.45) is 0 Å². The average molecular weight is 298 g/mol. The zero-order valence-electron chi connectivity index (χ0n) is 8.99. The maximum Gasteiger partial charge on any atom is 0.240 e. The van der Waals surface area contributed by atoms with E-state index in [0.29, 0.717) is 17.9 Å². The first-order chi connectivity index (χ1) is 7.97. The lowest BCUT2D eigenvalue weighted by atomic mass is 10.3. The number of sulfonamides is 1. The van der Waals surface area contributed by atoms with Crippen molar-refractivity contribution in [3.63, 3.8) is 0 Å². The maximum absolute atomic E-state index is 11.8. The average Bonchev–Trinajstić information content (AvgIpc) is 2.28. The molecule has 0 saturated heterocycles. The number of halogens is 2. The normalized spacial score (nSPS) is 11.7. The summed E-state index contributed by atoms with van der Waals surface area (Å²) in [6.45, 7) is 0.331. The fourth-order valence-electron chi connectivity index (χ4n) is 1.17. The smallest absolute Gasteiger partial charge is 0.240 e. The lowest BCUT2D eigenvalue weighted by molar-refractivity contribution is 0.285. The van der Waals surface area contributed by atoms with Gasteiger partial charge in [0.1, 0.15) is 0 Å². The number of rotatable bonds is 6. The third-order valence-corrected chi connectivity index (χ3v) is 4.28. The Morgan fingerprint density at radius 1 is 1.18 bits per heavy atom. The van der Waals surface area contributed by atoms with Crippen molar-refractivity contribution in [1.82, 2.24) is 4.72 Å². The van der Waals surface area contributed by atoms with Crippen LogP contribution in [0.3, 0.4) is 0 Å². The van der Waals surface area contributed by atoms with Crippen LogP contribution in [-0.4, -0.2) is 26.7 Å². The minimum absolute atomic E-state index is 0.0501. The van der Waals surface area contributed by atoms with Crippen molar-refractivity contribution in [3.8, 4) is 0 Å². The summed E-state index contributed by atoms with van der Waals surface area (Å²) in [5.41, 5.74) is 0. The molecule has 2 N–H and O–H groups in total. The van der Waals surface area contributed by atoms with E-state index in [9.17, 15) is 8.42 Å². The van der Waals surface area contributed by atoms with Gasteiger partial charge in [-0.25, -0.2) is 13.1 Å². The van der Waals surface area contributed by atoms with Crippen molar-refractivity contribution < 1.29 is 13.5 Å². The van der Waals surface area contributed by atoms with Crippen LogP contribution < -0.4 is 4.72 Å². The van der Waals surface area contributed by atoms with E-state index >= 15 is 0 Å². The van der Waals surface area contributed by atoms with Crippen molar-refractivity contribution in [2.75, 3.05) is 13.2 Å². The molecule has 0 amide bonds. The van der Waals surface area contributed by atoms with Crippen LogP contribution in [0, 0.1) is 0 Å². The summed E-state index contributed by atoms with van der Waals surface area (Å²) in [4.78, 5) is 0.0795. The summed E-state index contributed by atoms with van der Waals surface area (Å²) < 4.78 is 26.0. The summed E-state index contributed by atoms with van der Waals surface area (Å²) in [5.74, 6) is 0. The lowest BCUT2D eigenvalue weighted by Crippen LogP contribution is -2.24. The third-order valence-electron chi connectivity index (χ3n) is 2.08. The predicted molar refractivity (Wildman–Crippen MR) is 68.0 cm³/mol. The topological polar surface area (TPSA) is 66.4 Å². The van der Waals surface area contributed by atoms with E-state index < -0.39 is 10.0 Å². The number of nitrogens with one attached hydrogen (secondary N) is 1. The Hall–Kier alpha value is -0.330. The van der Waals surface area contributed by atoms with Gasteiger partial charge in [0, 0.05) is 13.2 Å². The van der Waals surface area contributed by atoms with E-state index in [2.05, 4.69) is 4.72 Å². The van der Waals surface area contributed by atoms with Crippen molar-refractivity contribution in [3.05, 3.63) is 28.2 Å². The van der Waals surface area contributed by atoms with Gasteiger partial charge in [0.15, 0.2) is 0 Å². The molecule has 0 aliphatic heterocycles. The number of aliphatic hydroxyl groups excluding tert-OH is 1. The van der Waals surface area contributed by atoms with Gasteiger partial charge in [-0.15, -0.1) is 0 Å². The van der Waals surface area contributed by atoms with Gasteiger partial charge in [-0.05, 0) is 31.0 Å². The van der Waals surface area contributed by atoms with Crippen LogP contribution in [0.15, 0.2) is 23.1 Å². The highest BCUT2D eigenvalue weighted by Crippen LogP contribution is 2.24. The Labute approximate surface area is 111 Å². The van der Waals surface area contributed by atoms with Crippen molar-refractivity contribution >= 4 is 33.2 Å². The van der Waals surface area contributed by atoms with Crippen LogP contribution in [0.1, 0.15) is 12.8 Å². The van der Waals surface area contributed by atoms with Gasteiger partial charge in [0.05, 0.1) is 14.9 Å². The fourth-order valence-corrected chi connectivity index (χ4v) is 2.63. The summed E-state index contributed by atoms with van der Waals surface area (Å²) >= 11 is 11.4. The van der Waals surface area contributed by atoms with Gasteiger partial charge in [0.25, 0.3) is 0 Å². The molecule has 0 bridgehead atoms. The summed E-state index contributed by atoms with van der Waals surface area (Å²) in [5, 5.41) is 9.08. The van der Waals surface area contributed by atoms with Gasteiger partial charge in [0.2, 0.25) is 10.0 Å². The van der Waals surface area contributed by atoms with E-state index in [0.717, 1.165) is 0 Å². The zero-order chi connectivity index (χ0) is 12.9. The molecule has 0 aliphatic carbocycles. The molecule has 0 fully saturated rings. The van der Waals surface area contributed by atoms with Crippen LogP contribution >= 0.6 is 23.2 Å². The van der Waals surface area contributed by atoms with Gasteiger partial charge < -0.3 is 5.11 Å². The highest BCUT2D eigenvalue weighted by molar-refractivity contribution is 7.89. The minimum atomic E-state index is -3.55. The highest BCUT2D eigenvalue weighted by atomic mass is 35.5. The molecule has 0 unspecified atom stereocenters. The van der Waals surface area contributed by atoms with Crippen LogP contribution in [0.5, 0.6) is 0 Å². The van der Waals surface area contributed by atoms with Crippen LogP contribution in [-0.2, 0) is 10.0 Å². The van der Waals surface area contributed by atoms with E-state index in [1.165, 1.54) is 18.2 Å². The molecule has 0 aromatic heterocycles. The minimum Gasteiger partial charge on any atom is -0.396 e. The van der Waals surface area contributed by atoms with Gasteiger partial charge >= 0.3 is 0 Å². The first-order valence-corrected chi connectivity index (χ1v) is 7.27. The monoisotopic (exact) mass is 297 g/mol. The second kappa shape index (κ2) is 6.56. The Morgan fingerprint density at radius 2 is 1.88 bits per heavy atom. The standard InChI is InChI=1S/C10H13Cl2NO3S/c11-9-4-3-8(7-10(9)12)17(15,16)13-5-1-2-6-14/h3-4,7,13-14H,1-2,5-6H2. The van der Waals surface area contributed by atoms with Crippen LogP contribution in [0.2, 0.25) is 10.0 Å². The fraction of sp³-hybridized carbons (Fsp3) is 0.400. The molecule has 0 heterocycles. The maximum atomic E-state index is 11.8. The molecule has 1 aromatic carbocycles. The summed E-state index contributed by atoms with van der Waals surface area (Å²) in [6.07, 6.45) is 1.14. The Morgan fingerprint density at radius 3 is 2.47 bits per heavy atom. The molecule has 0 aliphatic rings. The van der Waals surface area contributed by atoms with Crippen LogP contribution in [0.25, 0.3) is 0 Å². The Bertz CT molecular complexity index is 476. The molecular formula is C10H13Cl2NO3S. The molecule has 0 saturated carbocycles. The predicted octanol–water partition coefficient (Wildman–Crippen LogP) is 2.04. The molecule has 0 atom stereocenters. The molecular weight excluding hydrogens is 285 g/mol. The molecule has 1 rings (SSSR count). The molecule has 0 radical (unpaired) electrons. The van der Waals surface area contributed by atoms with E-state index in [4.69, 9.17) is 28.3 Å².